The molecule has 4 nitrogen and oxygen atoms in total. The predicted molar refractivity (Wildman–Crippen MR) is 146 cm³/mol. The van der Waals surface area contributed by atoms with Crippen LogP contribution in [-0.2, 0) is 12.6 Å². The number of allylic oxidation sites excluding steroid dienone is 1. The predicted octanol–water partition coefficient (Wildman–Crippen LogP) is 7.51. The first kappa shape index (κ1) is 27.9. The third-order valence-electron chi connectivity index (χ3n) is 7.64. The number of carboxylic acids is 1. The molecule has 0 aromatic heterocycles. The van der Waals surface area contributed by atoms with E-state index in [-0.39, 0.29) is 18.3 Å². The van der Waals surface area contributed by atoms with Crippen LogP contribution < -0.4 is 4.74 Å². The highest BCUT2D eigenvalue weighted by molar-refractivity contribution is 6.00. The molecule has 1 saturated heterocycles. The van der Waals surface area contributed by atoms with Gasteiger partial charge >= 0.3 is 12.1 Å². The Kier molecular flexibility index (Phi) is 8.26. The van der Waals surface area contributed by atoms with Gasteiger partial charge in [0.15, 0.2) is 0 Å². The molecule has 8 heteroatoms. The van der Waals surface area contributed by atoms with Gasteiger partial charge in [-0.2, -0.15) is 13.2 Å². The van der Waals surface area contributed by atoms with Crippen LogP contribution in [0, 0.1) is 0 Å². The van der Waals surface area contributed by atoms with Crippen LogP contribution in [0.2, 0.25) is 0 Å². The Hall–Kier alpha value is -3.65. The van der Waals surface area contributed by atoms with Crippen molar-refractivity contribution in [2.75, 3.05) is 26.3 Å². The minimum atomic E-state index is -4.42. The largest absolute Gasteiger partial charge is 0.489 e. The fourth-order valence-electron chi connectivity index (χ4n) is 5.67. The summed E-state index contributed by atoms with van der Waals surface area (Å²) >= 11 is 0. The topological polar surface area (TPSA) is 49.8 Å². The Bertz CT molecular complexity index is 1380. The van der Waals surface area contributed by atoms with Gasteiger partial charge in [0, 0.05) is 19.6 Å². The van der Waals surface area contributed by atoms with Gasteiger partial charge in [-0.1, -0.05) is 30.3 Å². The summed E-state index contributed by atoms with van der Waals surface area (Å²) in [5.74, 6) is -0.287. The minimum absolute atomic E-state index is 0.0282. The molecule has 0 radical (unpaired) electrons. The SMILES string of the molecule is O=C(O)c1ccc2c(c1)CCCC(c1ccc(C(F)(F)F)cc1)=C2c1ccc(O[C@H]2CCN(CCCF)C2)cc1. The van der Waals surface area contributed by atoms with Crippen molar-refractivity contribution in [3.05, 3.63) is 100 Å². The average Bonchev–Trinajstić information content (AvgIpc) is 3.29. The van der Waals surface area contributed by atoms with Crippen molar-refractivity contribution in [1.29, 1.82) is 0 Å². The number of ether oxygens (including phenoxy) is 1. The zero-order valence-electron chi connectivity index (χ0n) is 22.0. The number of alkyl halides is 4. The van der Waals surface area contributed by atoms with E-state index in [1.54, 1.807) is 18.2 Å². The molecule has 0 unspecified atom stereocenters. The van der Waals surface area contributed by atoms with Crippen LogP contribution in [0.4, 0.5) is 17.6 Å². The molecule has 0 saturated carbocycles. The number of carbonyl (C=O) groups is 1. The Morgan fingerprint density at radius 2 is 1.70 bits per heavy atom. The second-order valence-corrected chi connectivity index (χ2v) is 10.4. The number of benzene rings is 3. The van der Waals surface area contributed by atoms with Crippen LogP contribution in [0.5, 0.6) is 5.75 Å². The number of aromatic carboxylic acids is 1. The highest BCUT2D eigenvalue weighted by Crippen LogP contribution is 2.41. The van der Waals surface area contributed by atoms with Crippen molar-refractivity contribution in [1.82, 2.24) is 4.90 Å². The number of carboxylic acid groups (broad SMARTS) is 1. The van der Waals surface area contributed by atoms with Crippen LogP contribution in [0.3, 0.4) is 0 Å². The Morgan fingerprint density at radius 3 is 2.38 bits per heavy atom. The second-order valence-electron chi connectivity index (χ2n) is 10.4. The number of aryl methyl sites for hydroxylation is 1. The van der Waals surface area contributed by atoms with E-state index in [1.165, 1.54) is 12.1 Å². The standard InChI is InChI=1S/C32H31F4NO3/c33-16-2-17-37-18-15-27(20-37)40-26-12-7-22(8-13-26)30-28(21-5-10-25(11-6-21)32(34,35)36)4-1-3-23-19-24(31(38)39)9-14-29(23)30/h5-14,19,27H,1-4,15-18,20H2,(H,38,39)/t27-/m0/s1. The summed E-state index contributed by atoms with van der Waals surface area (Å²) in [6.07, 6.45) is -0.973. The van der Waals surface area contributed by atoms with E-state index < -0.39 is 17.7 Å². The van der Waals surface area contributed by atoms with E-state index >= 15 is 0 Å². The molecule has 1 aliphatic carbocycles. The van der Waals surface area contributed by atoms with Gasteiger partial charge < -0.3 is 9.84 Å². The molecule has 3 aromatic rings. The maximum Gasteiger partial charge on any atom is 0.416 e. The summed E-state index contributed by atoms with van der Waals surface area (Å²) in [6.45, 7) is 2.03. The zero-order chi connectivity index (χ0) is 28.3. The number of hydrogen-bond donors (Lipinski definition) is 1. The average molecular weight is 554 g/mol. The maximum absolute atomic E-state index is 13.2. The van der Waals surface area contributed by atoms with Crippen LogP contribution >= 0.6 is 0 Å². The number of hydrogen-bond acceptors (Lipinski definition) is 3. The van der Waals surface area contributed by atoms with E-state index in [4.69, 9.17) is 4.74 Å². The van der Waals surface area contributed by atoms with Crippen molar-refractivity contribution in [3.8, 4) is 5.75 Å². The van der Waals surface area contributed by atoms with Gasteiger partial charge in [0.05, 0.1) is 17.8 Å². The molecule has 2 aliphatic rings. The molecule has 1 aliphatic heterocycles. The normalized spacial score (nSPS) is 17.9. The maximum atomic E-state index is 13.2. The molecule has 1 fully saturated rings. The van der Waals surface area contributed by atoms with Crippen molar-refractivity contribution in [2.24, 2.45) is 0 Å². The monoisotopic (exact) mass is 553 g/mol. The molecule has 1 N–H and O–H groups in total. The molecular weight excluding hydrogens is 522 g/mol. The molecule has 0 bridgehead atoms. The Balaban J connectivity index is 1.50. The molecule has 210 valence electrons. The van der Waals surface area contributed by atoms with E-state index in [2.05, 4.69) is 4.90 Å². The summed E-state index contributed by atoms with van der Waals surface area (Å²) < 4.78 is 58.4. The van der Waals surface area contributed by atoms with Gasteiger partial charge in [-0.3, -0.25) is 9.29 Å². The molecule has 0 amide bonds. The first-order chi connectivity index (χ1) is 19.2. The van der Waals surface area contributed by atoms with E-state index in [1.807, 2.05) is 24.3 Å². The Morgan fingerprint density at radius 1 is 0.975 bits per heavy atom. The van der Waals surface area contributed by atoms with Crippen molar-refractivity contribution < 1.29 is 32.2 Å². The number of rotatable bonds is 8. The molecule has 5 rings (SSSR count). The van der Waals surface area contributed by atoms with E-state index in [9.17, 15) is 27.5 Å². The quantitative estimate of drug-likeness (QED) is 0.293. The number of fused-ring (bicyclic) bond motifs is 1. The first-order valence-electron chi connectivity index (χ1n) is 13.6. The third-order valence-corrected chi connectivity index (χ3v) is 7.64. The Labute approximate surface area is 230 Å². The molecule has 0 spiro atoms. The third kappa shape index (κ3) is 6.22. The van der Waals surface area contributed by atoms with Crippen molar-refractivity contribution in [3.63, 3.8) is 0 Å². The van der Waals surface area contributed by atoms with Crippen LogP contribution in [-0.4, -0.2) is 48.4 Å². The first-order valence-corrected chi connectivity index (χ1v) is 13.6. The molecular formula is C32H31F4NO3. The fraction of sp³-hybridized carbons (Fsp3) is 0.344. The van der Waals surface area contributed by atoms with Crippen LogP contribution in [0.1, 0.15) is 63.9 Å². The molecule has 1 heterocycles. The number of likely N-dealkylation sites (tertiary alicyclic amines) is 1. The van der Waals surface area contributed by atoms with Gasteiger partial charge in [-0.05, 0) is 102 Å². The summed E-state index contributed by atoms with van der Waals surface area (Å²) in [7, 11) is 0. The molecule has 3 aromatic carbocycles. The summed E-state index contributed by atoms with van der Waals surface area (Å²) in [5.41, 5.74) is 4.67. The molecule has 40 heavy (non-hydrogen) atoms. The van der Waals surface area contributed by atoms with Gasteiger partial charge in [0.1, 0.15) is 11.9 Å². The summed E-state index contributed by atoms with van der Waals surface area (Å²) in [5, 5.41) is 9.53. The van der Waals surface area contributed by atoms with E-state index in [0.29, 0.717) is 30.6 Å². The lowest BCUT2D eigenvalue weighted by Gasteiger charge is -2.19. The smallest absolute Gasteiger partial charge is 0.416 e. The fourth-order valence-corrected chi connectivity index (χ4v) is 5.67. The molecule has 1 atom stereocenters. The highest BCUT2D eigenvalue weighted by Gasteiger charge is 2.30. The second kappa shape index (κ2) is 11.8. The van der Waals surface area contributed by atoms with Gasteiger partial charge in [-0.25, -0.2) is 4.79 Å². The lowest BCUT2D eigenvalue weighted by Crippen LogP contribution is -2.26. The van der Waals surface area contributed by atoms with Crippen molar-refractivity contribution >= 4 is 17.1 Å². The zero-order valence-corrected chi connectivity index (χ0v) is 22.0. The summed E-state index contributed by atoms with van der Waals surface area (Å²) in [4.78, 5) is 13.8. The van der Waals surface area contributed by atoms with Gasteiger partial charge in [0.25, 0.3) is 0 Å². The van der Waals surface area contributed by atoms with Gasteiger partial charge in [0.2, 0.25) is 0 Å². The van der Waals surface area contributed by atoms with Gasteiger partial charge in [-0.15, -0.1) is 0 Å². The lowest BCUT2D eigenvalue weighted by molar-refractivity contribution is -0.137. The van der Waals surface area contributed by atoms with Crippen LogP contribution in [0.25, 0.3) is 11.1 Å². The highest BCUT2D eigenvalue weighted by atomic mass is 19.4. The summed E-state index contributed by atoms with van der Waals surface area (Å²) in [6, 6.07) is 18.0. The number of nitrogens with zero attached hydrogens (tertiary/aromatic N) is 1. The van der Waals surface area contributed by atoms with E-state index in [0.717, 1.165) is 72.4 Å². The van der Waals surface area contributed by atoms with Crippen molar-refractivity contribution in [2.45, 2.75) is 44.4 Å². The minimum Gasteiger partial charge on any atom is -0.489 e. The lowest BCUT2D eigenvalue weighted by atomic mass is 9.87. The van der Waals surface area contributed by atoms with Crippen LogP contribution in [0.15, 0.2) is 66.7 Å². The number of halogens is 4.